The van der Waals surface area contributed by atoms with E-state index in [1.807, 2.05) is 0 Å². The fourth-order valence-corrected chi connectivity index (χ4v) is 4.28. The minimum absolute atomic E-state index is 0.0878. The number of aromatic amines is 1. The normalized spacial score (nSPS) is 23.9. The highest BCUT2D eigenvalue weighted by Gasteiger charge is 2.43. The van der Waals surface area contributed by atoms with Crippen molar-refractivity contribution in [3.8, 4) is 17.2 Å². The number of hydrogen-bond donors (Lipinski definition) is 3. The molecule has 1 aliphatic heterocycles. The van der Waals surface area contributed by atoms with E-state index in [1.165, 1.54) is 18.3 Å². The number of benzene rings is 1. The molecule has 1 aromatic carbocycles. The van der Waals surface area contributed by atoms with Crippen LogP contribution >= 0.6 is 0 Å². The molecule has 2 bridgehead atoms. The number of amides is 1. The molecule has 6 nitrogen and oxygen atoms in total. The number of hydrogen-bond acceptors (Lipinski definition) is 4. The molecule has 0 radical (unpaired) electrons. The Bertz CT molecular complexity index is 996. The smallest absolute Gasteiger partial charge is 0.248 e. The number of rotatable bonds is 5. The molecule has 1 amide bonds. The third kappa shape index (κ3) is 3.69. The summed E-state index contributed by atoms with van der Waals surface area (Å²) in [4.78, 5) is 26.4. The summed E-state index contributed by atoms with van der Waals surface area (Å²) in [6.45, 7) is 0. The van der Waals surface area contributed by atoms with Crippen LogP contribution in [0.3, 0.4) is 0 Å². The molecule has 0 spiro atoms. The van der Waals surface area contributed by atoms with Gasteiger partial charge in [0.1, 0.15) is 11.9 Å². The second kappa shape index (κ2) is 7.56. The van der Waals surface area contributed by atoms with Gasteiger partial charge in [-0.15, -0.1) is 0 Å². The molecule has 3 N–H and O–H groups in total. The quantitative estimate of drug-likeness (QED) is 0.738. The number of carbonyl (C=O) groups is 1. The summed E-state index contributed by atoms with van der Waals surface area (Å²) in [5.74, 6) is -0.320. The third-order valence-corrected chi connectivity index (χ3v) is 5.70. The second-order valence-electron chi connectivity index (χ2n) is 7.56. The van der Waals surface area contributed by atoms with E-state index in [0.29, 0.717) is 28.7 Å². The zero-order valence-electron chi connectivity index (χ0n) is 15.2. The molecular formula is C21H21FN4O2. The standard InChI is InChI=1S/C21H21FN4O2/c22-18-9-12(13-5-6-24-19(27)10-13)1-2-14(18)7-17(11-23)26-21(28)20-15-3-4-16(8-15)25-20/h1-2,5-6,9-10,15-17,20,25H,3-4,7-8H2,(H,24,27)(H,26,28)/t15-,16+,17-,20-/m0/s1. The van der Waals surface area contributed by atoms with Crippen LogP contribution in [0.5, 0.6) is 0 Å². The number of nitrogens with one attached hydrogen (secondary N) is 3. The Balaban J connectivity index is 1.44. The van der Waals surface area contributed by atoms with E-state index in [-0.39, 0.29) is 23.9 Å². The average Bonchev–Trinajstić information content (AvgIpc) is 3.32. The molecule has 1 saturated heterocycles. The molecule has 4 atom stereocenters. The van der Waals surface area contributed by atoms with E-state index in [1.54, 1.807) is 18.2 Å². The minimum Gasteiger partial charge on any atom is -0.339 e. The number of aromatic nitrogens is 1. The van der Waals surface area contributed by atoms with Crippen molar-refractivity contribution in [2.45, 2.75) is 43.8 Å². The molecule has 4 rings (SSSR count). The zero-order valence-corrected chi connectivity index (χ0v) is 15.2. The number of carbonyl (C=O) groups excluding carboxylic acids is 1. The summed E-state index contributed by atoms with van der Waals surface area (Å²) in [5.41, 5.74) is 1.28. The fraction of sp³-hybridized carbons (Fsp3) is 0.381. The van der Waals surface area contributed by atoms with Crippen molar-refractivity contribution in [3.63, 3.8) is 0 Å². The van der Waals surface area contributed by atoms with Gasteiger partial charge in [0, 0.05) is 24.7 Å². The summed E-state index contributed by atoms with van der Waals surface area (Å²) in [6.07, 6.45) is 4.74. The van der Waals surface area contributed by atoms with Gasteiger partial charge in [-0.25, -0.2) is 4.39 Å². The van der Waals surface area contributed by atoms with Crippen molar-refractivity contribution in [2.24, 2.45) is 5.92 Å². The van der Waals surface area contributed by atoms with E-state index < -0.39 is 11.9 Å². The lowest BCUT2D eigenvalue weighted by Crippen LogP contribution is -2.50. The molecule has 2 aromatic rings. The molecule has 2 fully saturated rings. The van der Waals surface area contributed by atoms with Crippen LogP contribution < -0.4 is 16.2 Å². The van der Waals surface area contributed by atoms with Crippen molar-refractivity contribution in [3.05, 3.63) is 58.3 Å². The third-order valence-electron chi connectivity index (χ3n) is 5.70. The number of H-pyrrole nitrogens is 1. The molecule has 1 aromatic heterocycles. The Morgan fingerprint density at radius 2 is 2.11 bits per heavy atom. The maximum absolute atomic E-state index is 14.6. The van der Waals surface area contributed by atoms with Gasteiger partial charge in [-0.05, 0) is 54.0 Å². The van der Waals surface area contributed by atoms with Crippen molar-refractivity contribution in [1.82, 2.24) is 15.6 Å². The monoisotopic (exact) mass is 380 g/mol. The van der Waals surface area contributed by atoms with Crippen molar-refractivity contribution in [1.29, 1.82) is 5.26 Å². The maximum Gasteiger partial charge on any atom is 0.248 e. The highest BCUT2D eigenvalue weighted by molar-refractivity contribution is 5.83. The molecule has 28 heavy (non-hydrogen) atoms. The summed E-state index contributed by atoms with van der Waals surface area (Å²) in [7, 11) is 0. The first-order valence-electron chi connectivity index (χ1n) is 9.47. The lowest BCUT2D eigenvalue weighted by atomic mass is 9.98. The summed E-state index contributed by atoms with van der Waals surface area (Å²) < 4.78 is 14.6. The van der Waals surface area contributed by atoms with E-state index in [0.717, 1.165) is 19.3 Å². The molecule has 2 aliphatic rings. The number of piperidine rings is 1. The number of nitrogens with zero attached hydrogens (tertiary/aromatic N) is 1. The van der Waals surface area contributed by atoms with E-state index in [4.69, 9.17) is 0 Å². The molecule has 0 unspecified atom stereocenters. The lowest BCUT2D eigenvalue weighted by molar-refractivity contribution is -0.124. The van der Waals surface area contributed by atoms with Crippen LogP contribution in [0, 0.1) is 23.1 Å². The molecule has 7 heteroatoms. The van der Waals surface area contributed by atoms with Crippen LogP contribution in [0.1, 0.15) is 24.8 Å². The SMILES string of the molecule is N#C[C@H](Cc1ccc(-c2cc[nH]c(=O)c2)cc1F)NC(=O)[C@H]1N[C@@H]2CC[C@H]1C2. The Morgan fingerprint density at radius 1 is 1.29 bits per heavy atom. The van der Waals surface area contributed by atoms with Crippen LogP contribution in [-0.2, 0) is 11.2 Å². The molecule has 2 heterocycles. The van der Waals surface area contributed by atoms with Crippen molar-refractivity contribution >= 4 is 5.91 Å². The fourth-order valence-electron chi connectivity index (χ4n) is 4.28. The lowest BCUT2D eigenvalue weighted by Gasteiger charge is -2.23. The first kappa shape index (κ1) is 18.4. The van der Waals surface area contributed by atoms with Gasteiger partial charge >= 0.3 is 0 Å². The Kier molecular flexibility index (Phi) is 4.97. The van der Waals surface area contributed by atoms with E-state index in [9.17, 15) is 19.2 Å². The van der Waals surface area contributed by atoms with Gasteiger partial charge in [-0.2, -0.15) is 5.26 Å². The van der Waals surface area contributed by atoms with Crippen molar-refractivity contribution < 1.29 is 9.18 Å². The second-order valence-corrected chi connectivity index (χ2v) is 7.56. The summed E-state index contributed by atoms with van der Waals surface area (Å²) in [6, 6.07) is 9.15. The number of nitriles is 1. The maximum atomic E-state index is 14.6. The van der Waals surface area contributed by atoms with Crippen LogP contribution in [0.4, 0.5) is 4.39 Å². The van der Waals surface area contributed by atoms with Crippen LogP contribution in [-0.4, -0.2) is 29.0 Å². The molecule has 144 valence electrons. The van der Waals surface area contributed by atoms with Gasteiger partial charge in [0.15, 0.2) is 0 Å². The molecular weight excluding hydrogens is 359 g/mol. The Hall–Kier alpha value is -2.98. The average molecular weight is 380 g/mol. The van der Waals surface area contributed by atoms with E-state index in [2.05, 4.69) is 21.7 Å². The van der Waals surface area contributed by atoms with Crippen LogP contribution in [0.25, 0.3) is 11.1 Å². The molecule has 1 aliphatic carbocycles. The Morgan fingerprint density at radius 3 is 2.75 bits per heavy atom. The zero-order chi connectivity index (χ0) is 19.7. The largest absolute Gasteiger partial charge is 0.339 e. The first-order valence-corrected chi connectivity index (χ1v) is 9.47. The number of pyridine rings is 1. The van der Waals surface area contributed by atoms with Gasteiger partial charge in [-0.3, -0.25) is 9.59 Å². The highest BCUT2D eigenvalue weighted by Crippen LogP contribution is 2.35. The topological polar surface area (TPSA) is 97.8 Å². The number of fused-ring (bicyclic) bond motifs is 2. The van der Waals surface area contributed by atoms with Crippen LogP contribution in [0.15, 0.2) is 41.3 Å². The van der Waals surface area contributed by atoms with Gasteiger partial charge in [0.05, 0.1) is 12.1 Å². The van der Waals surface area contributed by atoms with E-state index >= 15 is 0 Å². The van der Waals surface area contributed by atoms with Gasteiger partial charge in [0.2, 0.25) is 11.5 Å². The number of halogens is 1. The van der Waals surface area contributed by atoms with Crippen molar-refractivity contribution in [2.75, 3.05) is 0 Å². The van der Waals surface area contributed by atoms with Crippen LogP contribution in [0.2, 0.25) is 0 Å². The predicted octanol–water partition coefficient (Wildman–Crippen LogP) is 1.87. The first-order chi connectivity index (χ1) is 13.5. The Labute approximate surface area is 161 Å². The van der Waals surface area contributed by atoms with Gasteiger partial charge in [0.25, 0.3) is 0 Å². The molecule has 1 saturated carbocycles. The highest BCUT2D eigenvalue weighted by atomic mass is 19.1. The minimum atomic E-state index is -0.798. The summed E-state index contributed by atoms with van der Waals surface area (Å²) >= 11 is 0. The predicted molar refractivity (Wildman–Crippen MR) is 102 cm³/mol. The summed E-state index contributed by atoms with van der Waals surface area (Å²) in [5, 5.41) is 15.5. The van der Waals surface area contributed by atoms with Gasteiger partial charge in [-0.1, -0.05) is 12.1 Å². The van der Waals surface area contributed by atoms with Gasteiger partial charge < -0.3 is 15.6 Å².